The van der Waals surface area contributed by atoms with Crippen LogP contribution in [0, 0.1) is 5.41 Å². The van der Waals surface area contributed by atoms with Crippen molar-refractivity contribution in [3.05, 3.63) is 0 Å². The molecule has 0 aromatic carbocycles. The highest BCUT2D eigenvalue weighted by Crippen LogP contribution is 2.36. The molecule has 2 fully saturated rings. The van der Waals surface area contributed by atoms with Crippen LogP contribution in [0.25, 0.3) is 0 Å². The lowest BCUT2D eigenvalue weighted by molar-refractivity contribution is 0.189. The van der Waals surface area contributed by atoms with Gasteiger partial charge >= 0.3 is 0 Å². The van der Waals surface area contributed by atoms with E-state index in [2.05, 4.69) is 19.2 Å². The van der Waals surface area contributed by atoms with Crippen LogP contribution in [-0.2, 0) is 9.84 Å². The Morgan fingerprint density at radius 1 is 1.11 bits per heavy atom. The largest absolute Gasteiger partial charge is 0.310 e. The molecule has 3 atom stereocenters. The molecule has 0 spiro atoms. The monoisotopic (exact) mass is 273 g/mol. The van der Waals surface area contributed by atoms with Crippen LogP contribution in [0.5, 0.6) is 0 Å². The zero-order chi connectivity index (χ0) is 13.4. The highest BCUT2D eigenvalue weighted by Gasteiger charge is 2.37. The van der Waals surface area contributed by atoms with E-state index >= 15 is 0 Å². The van der Waals surface area contributed by atoms with Crippen LogP contribution in [0.4, 0.5) is 0 Å². The molecule has 1 N–H and O–H groups in total. The van der Waals surface area contributed by atoms with E-state index in [0.29, 0.717) is 11.5 Å². The van der Waals surface area contributed by atoms with E-state index in [1.54, 1.807) is 0 Å². The second kappa shape index (κ2) is 5.12. The van der Waals surface area contributed by atoms with Gasteiger partial charge in [0.1, 0.15) is 0 Å². The lowest BCUT2D eigenvalue weighted by Crippen LogP contribution is -2.47. The first-order valence-electron chi connectivity index (χ1n) is 7.23. The van der Waals surface area contributed by atoms with Gasteiger partial charge in [0.05, 0.1) is 5.25 Å². The molecule has 0 aromatic rings. The Kier molecular flexibility index (Phi) is 4.07. The number of rotatable bonds is 3. The van der Waals surface area contributed by atoms with Gasteiger partial charge in [0.25, 0.3) is 0 Å². The fraction of sp³-hybridized carbons (Fsp3) is 1.00. The van der Waals surface area contributed by atoms with Gasteiger partial charge in [-0.3, -0.25) is 0 Å². The Morgan fingerprint density at radius 3 is 2.44 bits per heavy atom. The van der Waals surface area contributed by atoms with Crippen molar-refractivity contribution < 1.29 is 8.42 Å². The van der Waals surface area contributed by atoms with Gasteiger partial charge in [-0.15, -0.1) is 0 Å². The molecular weight excluding hydrogens is 246 g/mol. The Labute approximate surface area is 112 Å². The van der Waals surface area contributed by atoms with Gasteiger partial charge in [-0.2, -0.15) is 0 Å². The van der Waals surface area contributed by atoms with Gasteiger partial charge in [-0.1, -0.05) is 26.7 Å². The van der Waals surface area contributed by atoms with Gasteiger partial charge in [-0.05, 0) is 37.5 Å². The fourth-order valence-corrected chi connectivity index (χ4v) is 5.18. The minimum Gasteiger partial charge on any atom is -0.310 e. The number of hydrogen-bond acceptors (Lipinski definition) is 3. The summed E-state index contributed by atoms with van der Waals surface area (Å²) in [4.78, 5) is 0. The number of nitrogens with one attached hydrogen (secondary N) is 1. The summed E-state index contributed by atoms with van der Waals surface area (Å²) in [5.41, 5.74) is 0.412. The second-order valence-corrected chi connectivity index (χ2v) is 9.29. The SMILES string of the molecule is CC1(C)CCCC(NC2CCCC2S(C)(=O)=O)C1. The van der Waals surface area contributed by atoms with Crippen molar-refractivity contribution in [1.29, 1.82) is 0 Å². The molecule has 2 aliphatic carbocycles. The van der Waals surface area contributed by atoms with E-state index in [1.165, 1.54) is 31.9 Å². The van der Waals surface area contributed by atoms with Crippen molar-refractivity contribution >= 4 is 9.84 Å². The molecule has 0 heterocycles. The standard InChI is InChI=1S/C14H27NO2S/c1-14(2)9-5-6-11(10-14)15-12-7-4-8-13(12)18(3,16)17/h11-13,15H,4-10H2,1-3H3. The smallest absolute Gasteiger partial charge is 0.151 e. The van der Waals surface area contributed by atoms with Crippen LogP contribution in [0.3, 0.4) is 0 Å². The van der Waals surface area contributed by atoms with Gasteiger partial charge in [-0.25, -0.2) is 8.42 Å². The molecule has 2 aliphatic rings. The predicted molar refractivity (Wildman–Crippen MR) is 75.4 cm³/mol. The fourth-order valence-electron chi connectivity index (χ4n) is 3.77. The summed E-state index contributed by atoms with van der Waals surface area (Å²) < 4.78 is 23.5. The van der Waals surface area contributed by atoms with Crippen molar-refractivity contribution in [1.82, 2.24) is 5.32 Å². The van der Waals surface area contributed by atoms with Crippen molar-refractivity contribution in [2.24, 2.45) is 5.41 Å². The molecule has 2 saturated carbocycles. The molecule has 0 bridgehead atoms. The maximum atomic E-state index is 11.8. The van der Waals surface area contributed by atoms with Crippen molar-refractivity contribution in [3.8, 4) is 0 Å². The molecule has 18 heavy (non-hydrogen) atoms. The second-order valence-electron chi connectivity index (χ2n) is 7.03. The maximum absolute atomic E-state index is 11.8. The molecule has 0 radical (unpaired) electrons. The van der Waals surface area contributed by atoms with E-state index in [4.69, 9.17) is 0 Å². The lowest BCUT2D eigenvalue weighted by atomic mass is 9.75. The molecule has 0 aromatic heterocycles. The summed E-state index contributed by atoms with van der Waals surface area (Å²) in [6.07, 6.45) is 9.25. The Bertz CT molecular complexity index is 389. The molecule has 0 aliphatic heterocycles. The zero-order valence-electron chi connectivity index (χ0n) is 11.9. The highest BCUT2D eigenvalue weighted by molar-refractivity contribution is 7.91. The summed E-state index contributed by atoms with van der Waals surface area (Å²) in [6.45, 7) is 4.65. The van der Waals surface area contributed by atoms with Crippen LogP contribution in [0.1, 0.15) is 58.8 Å². The normalized spacial score (nSPS) is 36.7. The summed E-state index contributed by atoms with van der Waals surface area (Å²) in [6, 6.07) is 0.708. The Hall–Kier alpha value is -0.0900. The third kappa shape index (κ3) is 3.47. The van der Waals surface area contributed by atoms with E-state index in [0.717, 1.165) is 19.3 Å². The summed E-state index contributed by atoms with van der Waals surface area (Å²) >= 11 is 0. The quantitative estimate of drug-likeness (QED) is 0.859. The topological polar surface area (TPSA) is 46.2 Å². The van der Waals surface area contributed by atoms with Crippen LogP contribution >= 0.6 is 0 Å². The predicted octanol–water partition coefficient (Wildman–Crippen LogP) is 2.51. The van der Waals surface area contributed by atoms with Gasteiger partial charge in [0.2, 0.25) is 0 Å². The average Bonchev–Trinajstić information content (AvgIpc) is 2.63. The minimum atomic E-state index is -2.89. The third-order valence-electron chi connectivity index (χ3n) is 4.66. The molecule has 4 heteroatoms. The van der Waals surface area contributed by atoms with E-state index in [9.17, 15) is 8.42 Å². The van der Waals surface area contributed by atoms with Crippen molar-refractivity contribution in [3.63, 3.8) is 0 Å². The van der Waals surface area contributed by atoms with E-state index in [-0.39, 0.29) is 11.3 Å². The Balaban J connectivity index is 1.97. The van der Waals surface area contributed by atoms with Crippen LogP contribution < -0.4 is 5.32 Å². The van der Waals surface area contributed by atoms with Gasteiger partial charge in [0.15, 0.2) is 9.84 Å². The first-order chi connectivity index (χ1) is 8.28. The minimum absolute atomic E-state index is 0.150. The number of hydrogen-bond donors (Lipinski definition) is 1. The molecule has 106 valence electrons. The van der Waals surface area contributed by atoms with Crippen LogP contribution in [-0.4, -0.2) is 32.0 Å². The molecule has 3 unspecified atom stereocenters. The Morgan fingerprint density at radius 2 is 1.83 bits per heavy atom. The molecule has 0 saturated heterocycles. The van der Waals surface area contributed by atoms with Gasteiger partial charge < -0.3 is 5.32 Å². The van der Waals surface area contributed by atoms with Gasteiger partial charge in [0, 0.05) is 18.3 Å². The van der Waals surface area contributed by atoms with E-state index in [1.807, 2.05) is 0 Å². The lowest BCUT2D eigenvalue weighted by Gasteiger charge is -2.37. The van der Waals surface area contributed by atoms with Crippen molar-refractivity contribution in [2.45, 2.75) is 76.1 Å². The summed E-state index contributed by atoms with van der Waals surface area (Å²) in [5, 5.41) is 3.50. The van der Waals surface area contributed by atoms with Crippen LogP contribution in [0.2, 0.25) is 0 Å². The third-order valence-corrected chi connectivity index (χ3v) is 6.32. The van der Waals surface area contributed by atoms with Crippen molar-refractivity contribution in [2.75, 3.05) is 6.26 Å². The summed E-state index contributed by atoms with van der Waals surface area (Å²) in [7, 11) is -2.89. The molecule has 2 rings (SSSR count). The first kappa shape index (κ1) is 14.3. The van der Waals surface area contributed by atoms with E-state index < -0.39 is 9.84 Å². The maximum Gasteiger partial charge on any atom is 0.151 e. The number of sulfone groups is 1. The van der Waals surface area contributed by atoms with Crippen LogP contribution in [0.15, 0.2) is 0 Å². The molecule has 0 amide bonds. The molecule has 3 nitrogen and oxygen atoms in total. The highest BCUT2D eigenvalue weighted by atomic mass is 32.2. The summed E-state index contributed by atoms with van der Waals surface area (Å²) in [5.74, 6) is 0. The molecular formula is C14H27NO2S. The average molecular weight is 273 g/mol. The first-order valence-corrected chi connectivity index (χ1v) is 9.18. The zero-order valence-corrected chi connectivity index (χ0v) is 12.7.